The molecule has 10 heavy (non-hydrogen) atoms. The van der Waals surface area contributed by atoms with E-state index in [2.05, 4.69) is 5.10 Å². The van der Waals surface area contributed by atoms with Gasteiger partial charge in [0.2, 0.25) is 5.91 Å². The van der Waals surface area contributed by atoms with E-state index in [9.17, 15) is 9.59 Å². The Kier molecular flexibility index (Phi) is 1.71. The molecule has 0 spiro atoms. The minimum Gasteiger partial charge on any atom is -0.273 e. The van der Waals surface area contributed by atoms with Crippen LogP contribution in [0.1, 0.15) is 18.1 Å². The molecule has 0 unspecified atom stereocenters. The summed E-state index contributed by atoms with van der Waals surface area (Å²) in [6.07, 6.45) is 1.82. The second kappa shape index (κ2) is 2.51. The second-order valence-corrected chi connectivity index (χ2v) is 1.91. The summed E-state index contributed by atoms with van der Waals surface area (Å²) in [5, 5.41) is 2.34. The molecule has 1 N–H and O–H groups in total. The van der Waals surface area contributed by atoms with Crippen LogP contribution in [0.15, 0.2) is 17.1 Å². The highest BCUT2D eigenvalue weighted by Gasteiger charge is 1.98. The molecule has 1 rings (SSSR count). The van der Waals surface area contributed by atoms with E-state index >= 15 is 0 Å². The lowest BCUT2D eigenvalue weighted by molar-refractivity contribution is 0.0892. The molecular formula is C6H8N2O2. The summed E-state index contributed by atoms with van der Waals surface area (Å²) in [7, 11) is 0. The van der Waals surface area contributed by atoms with Crippen LogP contribution in [0.2, 0.25) is 0 Å². The Hall–Kier alpha value is -1.32. The maximum absolute atomic E-state index is 10.8. The highest BCUT2D eigenvalue weighted by Crippen LogP contribution is 1.84. The van der Waals surface area contributed by atoms with Crippen LogP contribution < -0.4 is 5.56 Å². The lowest BCUT2D eigenvalue weighted by atomic mass is 10.5. The number of carbonyl (C=O) groups excluding carboxylic acids is 1. The van der Waals surface area contributed by atoms with E-state index in [0.717, 1.165) is 0 Å². The number of rotatable bonds is 1. The van der Waals surface area contributed by atoms with Gasteiger partial charge in [0.15, 0.2) is 0 Å². The van der Waals surface area contributed by atoms with Crippen LogP contribution in [0.25, 0.3) is 0 Å². The molecule has 1 heterocycles. The van der Waals surface area contributed by atoms with Crippen LogP contribution in [0.5, 0.6) is 0 Å². The fourth-order valence-corrected chi connectivity index (χ4v) is 0.651. The van der Waals surface area contributed by atoms with Gasteiger partial charge in [-0.25, -0.2) is 4.68 Å². The first-order chi connectivity index (χ1) is 4.74. The fourth-order valence-electron chi connectivity index (χ4n) is 0.651. The van der Waals surface area contributed by atoms with Crippen LogP contribution >= 0.6 is 0 Å². The zero-order chi connectivity index (χ0) is 7.56. The van der Waals surface area contributed by atoms with Crippen LogP contribution in [0, 0.1) is 0 Å². The number of carbonyl (C=O) groups is 1. The van der Waals surface area contributed by atoms with Gasteiger partial charge in [-0.05, 0) is 0 Å². The Bertz CT molecular complexity index is 284. The van der Waals surface area contributed by atoms with Gasteiger partial charge in [-0.15, -0.1) is 0 Å². The molecule has 0 radical (unpaired) electrons. The summed E-state index contributed by atoms with van der Waals surface area (Å²) < 4.78 is 1.18. The van der Waals surface area contributed by atoms with E-state index < -0.39 is 0 Å². The molecule has 0 saturated heterocycles. The summed E-state index contributed by atoms with van der Waals surface area (Å²) in [6.45, 7) is 1.74. The minimum absolute atomic E-state index is 0.109. The molecule has 1 aromatic rings. The van der Waals surface area contributed by atoms with Gasteiger partial charge in [-0.2, -0.15) is 0 Å². The van der Waals surface area contributed by atoms with Gasteiger partial charge in [-0.3, -0.25) is 14.7 Å². The number of aromatic amines is 1. The largest absolute Gasteiger partial charge is 0.273 e. The lowest BCUT2D eigenvalue weighted by Gasteiger charge is -1.93. The van der Waals surface area contributed by atoms with Gasteiger partial charge in [0, 0.05) is 18.7 Å². The van der Waals surface area contributed by atoms with Crippen molar-refractivity contribution in [3.63, 3.8) is 0 Å². The highest BCUT2D eigenvalue weighted by molar-refractivity contribution is 5.77. The SMILES string of the molecule is CCC(=O)n1ccc(=O)[nH]1. The Morgan fingerprint density at radius 2 is 2.50 bits per heavy atom. The normalized spacial score (nSPS) is 9.70. The van der Waals surface area contributed by atoms with Gasteiger partial charge in [0.1, 0.15) is 0 Å². The summed E-state index contributed by atoms with van der Waals surface area (Å²) in [5.41, 5.74) is -0.248. The van der Waals surface area contributed by atoms with Crippen molar-refractivity contribution in [2.45, 2.75) is 13.3 Å². The van der Waals surface area contributed by atoms with Gasteiger partial charge in [-0.1, -0.05) is 6.92 Å². The third-order valence-corrected chi connectivity index (χ3v) is 1.18. The summed E-state index contributed by atoms with van der Waals surface area (Å²) in [5.74, 6) is -0.109. The third kappa shape index (κ3) is 1.15. The van der Waals surface area contributed by atoms with E-state index in [1.165, 1.54) is 16.9 Å². The van der Waals surface area contributed by atoms with Crippen LogP contribution in [-0.2, 0) is 0 Å². The molecule has 0 aliphatic rings. The molecule has 0 bridgehead atoms. The summed E-state index contributed by atoms with van der Waals surface area (Å²) in [4.78, 5) is 21.3. The van der Waals surface area contributed by atoms with Crippen molar-refractivity contribution >= 4 is 5.91 Å². The van der Waals surface area contributed by atoms with Crippen molar-refractivity contribution in [1.29, 1.82) is 0 Å². The van der Waals surface area contributed by atoms with Crippen molar-refractivity contribution < 1.29 is 4.79 Å². The zero-order valence-corrected chi connectivity index (χ0v) is 5.63. The Labute approximate surface area is 57.5 Å². The number of nitrogens with zero attached hydrogens (tertiary/aromatic N) is 1. The van der Waals surface area contributed by atoms with Gasteiger partial charge in [0.25, 0.3) is 5.56 Å². The molecule has 4 nitrogen and oxygen atoms in total. The predicted octanol–water partition coefficient (Wildman–Crippen LogP) is 0.227. The first-order valence-electron chi connectivity index (χ1n) is 3.05. The van der Waals surface area contributed by atoms with Crippen molar-refractivity contribution in [3.8, 4) is 0 Å². The van der Waals surface area contributed by atoms with Gasteiger partial charge >= 0.3 is 0 Å². The van der Waals surface area contributed by atoms with E-state index in [4.69, 9.17) is 0 Å². The number of hydrogen-bond donors (Lipinski definition) is 1. The molecule has 0 aliphatic carbocycles. The van der Waals surface area contributed by atoms with Gasteiger partial charge in [0.05, 0.1) is 0 Å². The zero-order valence-electron chi connectivity index (χ0n) is 5.63. The molecule has 0 aliphatic heterocycles. The summed E-state index contributed by atoms with van der Waals surface area (Å²) >= 11 is 0. The minimum atomic E-state index is -0.248. The molecular weight excluding hydrogens is 132 g/mol. The molecule has 4 heteroatoms. The fraction of sp³-hybridized carbons (Fsp3) is 0.333. The average Bonchev–Trinajstić information content (AvgIpc) is 2.34. The maximum Gasteiger partial charge on any atom is 0.264 e. The Morgan fingerprint density at radius 3 is 2.90 bits per heavy atom. The highest BCUT2D eigenvalue weighted by atomic mass is 16.2. The molecule has 54 valence electrons. The number of aromatic nitrogens is 2. The average molecular weight is 140 g/mol. The van der Waals surface area contributed by atoms with Crippen LogP contribution in [-0.4, -0.2) is 15.7 Å². The topological polar surface area (TPSA) is 54.9 Å². The maximum atomic E-state index is 10.8. The van der Waals surface area contributed by atoms with Crippen molar-refractivity contribution in [1.82, 2.24) is 9.78 Å². The number of nitrogens with one attached hydrogen (secondary N) is 1. The van der Waals surface area contributed by atoms with E-state index in [0.29, 0.717) is 6.42 Å². The molecule has 0 aromatic carbocycles. The Balaban J connectivity index is 2.95. The molecule has 0 atom stereocenters. The van der Waals surface area contributed by atoms with E-state index in [1.807, 2.05) is 0 Å². The smallest absolute Gasteiger partial charge is 0.264 e. The quantitative estimate of drug-likeness (QED) is 0.607. The molecule has 0 fully saturated rings. The van der Waals surface area contributed by atoms with Crippen LogP contribution in [0.3, 0.4) is 0 Å². The molecule has 0 saturated carbocycles. The second-order valence-electron chi connectivity index (χ2n) is 1.91. The molecule has 0 amide bonds. The van der Waals surface area contributed by atoms with Crippen molar-refractivity contribution in [2.24, 2.45) is 0 Å². The van der Waals surface area contributed by atoms with Crippen molar-refractivity contribution in [2.75, 3.05) is 0 Å². The Morgan fingerprint density at radius 1 is 1.80 bits per heavy atom. The predicted molar refractivity (Wildman–Crippen MR) is 36.0 cm³/mol. The first-order valence-corrected chi connectivity index (χ1v) is 3.05. The first kappa shape index (κ1) is 6.80. The standard InChI is InChI=1S/C6H8N2O2/c1-2-6(10)8-4-3-5(9)7-8/h3-4H,2H2,1H3,(H,7,9). The van der Waals surface area contributed by atoms with E-state index in [-0.39, 0.29) is 11.5 Å². The molecule has 1 aromatic heterocycles. The third-order valence-electron chi connectivity index (χ3n) is 1.18. The number of hydrogen-bond acceptors (Lipinski definition) is 2. The number of H-pyrrole nitrogens is 1. The van der Waals surface area contributed by atoms with Gasteiger partial charge < -0.3 is 0 Å². The monoisotopic (exact) mass is 140 g/mol. The lowest BCUT2D eigenvalue weighted by Crippen LogP contribution is -2.12. The summed E-state index contributed by atoms with van der Waals surface area (Å²) in [6, 6.07) is 1.31. The van der Waals surface area contributed by atoms with Crippen molar-refractivity contribution in [3.05, 3.63) is 22.6 Å². The van der Waals surface area contributed by atoms with E-state index in [1.54, 1.807) is 6.92 Å². The van der Waals surface area contributed by atoms with Crippen LogP contribution in [0.4, 0.5) is 0 Å².